The summed E-state index contributed by atoms with van der Waals surface area (Å²) in [5.74, 6) is 0.445. The number of rotatable bonds is 10. The van der Waals surface area contributed by atoms with Gasteiger partial charge in [-0.25, -0.2) is 0 Å². The Balaban J connectivity index is 1.23. The first-order valence-electron chi connectivity index (χ1n) is 20.9. The van der Waals surface area contributed by atoms with Crippen LogP contribution in [0.5, 0.6) is 0 Å². The number of ether oxygens (including phenoxy) is 4. The Morgan fingerprint density at radius 2 is 1.33 bits per heavy atom. The van der Waals surface area contributed by atoms with Gasteiger partial charge in [0, 0.05) is 0 Å². The quantitative estimate of drug-likeness (QED) is 0.115. The predicted molar refractivity (Wildman–Crippen MR) is 201 cm³/mol. The Bertz CT molecular complexity index is 1370. The fourth-order valence-electron chi connectivity index (χ4n) is 13.3. The summed E-state index contributed by atoms with van der Waals surface area (Å²) in [5.41, 5.74) is -0.405. The molecule has 20 atom stereocenters. The van der Waals surface area contributed by atoms with E-state index in [1.54, 1.807) is 0 Å². The molecular formula is C42H72O13. The molecule has 4 aliphatic carbocycles. The van der Waals surface area contributed by atoms with Gasteiger partial charge in [0.15, 0.2) is 12.6 Å². The first-order valence-corrected chi connectivity index (χ1v) is 20.9. The lowest BCUT2D eigenvalue weighted by atomic mass is 9.35. The van der Waals surface area contributed by atoms with Gasteiger partial charge in [-0.15, -0.1) is 0 Å². The highest BCUT2D eigenvalue weighted by molar-refractivity contribution is 5.20. The van der Waals surface area contributed by atoms with Gasteiger partial charge < -0.3 is 64.9 Å². The molecule has 13 nitrogen and oxygen atoms in total. The molecule has 0 aromatic rings. The molecule has 6 fully saturated rings. The van der Waals surface area contributed by atoms with Crippen molar-refractivity contribution in [2.75, 3.05) is 13.2 Å². The summed E-state index contributed by atoms with van der Waals surface area (Å²) in [7, 11) is 0. The average molecular weight is 785 g/mol. The summed E-state index contributed by atoms with van der Waals surface area (Å²) in [6.45, 7) is 16.5. The highest BCUT2D eigenvalue weighted by Crippen LogP contribution is 2.76. The summed E-state index contributed by atoms with van der Waals surface area (Å²) in [5, 5.41) is 97.4. The van der Waals surface area contributed by atoms with Crippen LogP contribution in [-0.2, 0) is 18.9 Å². The van der Waals surface area contributed by atoms with E-state index in [9.17, 15) is 46.0 Å². The number of hydrogen-bond donors (Lipinski definition) is 9. The SMILES string of the molecule is CC(C)=CCC[C@@](C)(O)[C@H]1CC[C@]2(C)[C@@H]1[C@H](O)C[C@@H]1[C@@]3(C)CC[C@H](O[C@@H]4O[C@H](CO)[C@@H](O)[C@H](O)[C@H]4O[C@@H]4O[C@H](CO)[C@@H](O)[C@H](O)[C@H]4O)C(C)(C)C3CC[C@]12C. The molecule has 0 aromatic heterocycles. The standard InChI is InChI=1S/C42H72O13/c1-21(2)10-9-14-42(8,51)22-11-16-41(7)29(22)23(45)18-27-39(5)15-13-28(38(3,4)26(39)12-17-40(27,41)6)54-37-35(33(49)31(47)25(20-44)53-37)55-36-34(50)32(48)30(46)24(19-43)52-36/h10,22-37,43-51H,9,11-20H2,1-8H3/t22-,23+,24+,25+,26?,27+,28-,29-,30+,31+,32-,33-,34+,35+,36-,37-,39-,40+,41+,42+/m0/s1. The van der Waals surface area contributed by atoms with Crippen LogP contribution in [0, 0.1) is 45.3 Å². The van der Waals surface area contributed by atoms with Crippen molar-refractivity contribution >= 4 is 0 Å². The van der Waals surface area contributed by atoms with E-state index in [1.807, 2.05) is 6.92 Å². The molecule has 0 radical (unpaired) electrons. The van der Waals surface area contributed by atoms with E-state index in [0.717, 1.165) is 38.5 Å². The van der Waals surface area contributed by atoms with Gasteiger partial charge in [0.1, 0.15) is 48.8 Å². The van der Waals surface area contributed by atoms with E-state index >= 15 is 0 Å². The molecule has 0 aromatic carbocycles. The summed E-state index contributed by atoms with van der Waals surface area (Å²) in [6, 6.07) is 0. The monoisotopic (exact) mass is 784 g/mol. The van der Waals surface area contributed by atoms with Crippen LogP contribution in [0.1, 0.15) is 113 Å². The van der Waals surface area contributed by atoms with Crippen LogP contribution in [0.4, 0.5) is 0 Å². The predicted octanol–water partition coefficient (Wildman–Crippen LogP) is 2.15. The largest absolute Gasteiger partial charge is 0.394 e. The second kappa shape index (κ2) is 15.7. The zero-order valence-electron chi connectivity index (χ0n) is 34.3. The van der Waals surface area contributed by atoms with Gasteiger partial charge in [0.2, 0.25) is 0 Å². The molecule has 2 saturated heterocycles. The Morgan fingerprint density at radius 1 is 0.727 bits per heavy atom. The van der Waals surface area contributed by atoms with Crippen LogP contribution in [0.3, 0.4) is 0 Å². The van der Waals surface area contributed by atoms with Crippen LogP contribution in [0.15, 0.2) is 11.6 Å². The van der Waals surface area contributed by atoms with Crippen molar-refractivity contribution in [3.8, 4) is 0 Å². The van der Waals surface area contributed by atoms with Gasteiger partial charge in [-0.3, -0.25) is 0 Å². The summed E-state index contributed by atoms with van der Waals surface area (Å²) < 4.78 is 24.4. The number of hydrogen-bond acceptors (Lipinski definition) is 13. The van der Waals surface area contributed by atoms with Crippen molar-refractivity contribution in [1.82, 2.24) is 0 Å². The van der Waals surface area contributed by atoms with Crippen molar-refractivity contribution in [1.29, 1.82) is 0 Å². The summed E-state index contributed by atoms with van der Waals surface area (Å²) >= 11 is 0. The normalized spacial score (nSPS) is 52.0. The zero-order chi connectivity index (χ0) is 40.6. The number of aliphatic hydroxyl groups excluding tert-OH is 8. The van der Waals surface area contributed by atoms with Crippen molar-refractivity contribution in [3.63, 3.8) is 0 Å². The minimum atomic E-state index is -1.75. The van der Waals surface area contributed by atoms with Crippen LogP contribution < -0.4 is 0 Å². The highest BCUT2D eigenvalue weighted by atomic mass is 16.8. The molecular weight excluding hydrogens is 712 g/mol. The lowest BCUT2D eigenvalue weighted by molar-refractivity contribution is -0.378. The second-order valence-corrected chi connectivity index (χ2v) is 20.1. The average Bonchev–Trinajstić information content (AvgIpc) is 3.50. The highest BCUT2D eigenvalue weighted by Gasteiger charge is 2.71. The lowest BCUT2D eigenvalue weighted by Crippen LogP contribution is -2.68. The first kappa shape index (κ1) is 43.8. The van der Waals surface area contributed by atoms with Gasteiger partial charge in [-0.2, -0.15) is 0 Å². The molecule has 2 aliphatic heterocycles. The van der Waals surface area contributed by atoms with Gasteiger partial charge >= 0.3 is 0 Å². The third-order valence-electron chi connectivity index (χ3n) is 16.6. The molecule has 0 amide bonds. The van der Waals surface area contributed by atoms with E-state index in [0.29, 0.717) is 19.3 Å². The number of fused-ring (bicyclic) bond motifs is 5. The van der Waals surface area contributed by atoms with Gasteiger partial charge in [0.25, 0.3) is 0 Å². The van der Waals surface area contributed by atoms with Crippen LogP contribution in [0.2, 0.25) is 0 Å². The minimum absolute atomic E-state index is 0.00798. The van der Waals surface area contributed by atoms with E-state index < -0.39 is 97.8 Å². The third kappa shape index (κ3) is 7.20. The number of aliphatic hydroxyl groups is 9. The molecule has 55 heavy (non-hydrogen) atoms. The third-order valence-corrected chi connectivity index (χ3v) is 16.6. The Hall–Kier alpha value is -0.780. The molecule has 1 unspecified atom stereocenters. The molecule has 6 rings (SSSR count). The Morgan fingerprint density at radius 3 is 1.95 bits per heavy atom. The van der Waals surface area contributed by atoms with Crippen LogP contribution in [-0.4, -0.2) is 138 Å². The van der Waals surface area contributed by atoms with Gasteiger partial charge in [0.05, 0.1) is 31.0 Å². The van der Waals surface area contributed by atoms with Crippen molar-refractivity contribution < 1.29 is 64.9 Å². The maximum Gasteiger partial charge on any atom is 0.187 e. The van der Waals surface area contributed by atoms with E-state index in [1.165, 1.54) is 5.57 Å². The number of allylic oxidation sites excluding steroid dienone is 2. The Kier molecular flexibility index (Phi) is 12.5. The van der Waals surface area contributed by atoms with Crippen LogP contribution in [0.25, 0.3) is 0 Å². The minimum Gasteiger partial charge on any atom is -0.394 e. The van der Waals surface area contributed by atoms with E-state index in [2.05, 4.69) is 54.5 Å². The molecule has 6 aliphatic rings. The molecule has 9 N–H and O–H groups in total. The molecule has 4 saturated carbocycles. The molecule has 13 heteroatoms. The fourth-order valence-corrected chi connectivity index (χ4v) is 13.3. The molecule has 318 valence electrons. The van der Waals surface area contributed by atoms with Gasteiger partial charge in [-0.05, 0) is 124 Å². The van der Waals surface area contributed by atoms with Crippen molar-refractivity contribution in [2.45, 2.75) is 192 Å². The zero-order valence-corrected chi connectivity index (χ0v) is 34.3. The fraction of sp³-hybridized carbons (Fsp3) is 0.952. The summed E-state index contributed by atoms with van der Waals surface area (Å²) in [6.07, 6.45) is -6.48. The Labute approximate surface area is 327 Å². The molecule has 2 heterocycles. The van der Waals surface area contributed by atoms with Crippen molar-refractivity contribution in [2.24, 2.45) is 45.3 Å². The van der Waals surface area contributed by atoms with Gasteiger partial charge in [-0.1, -0.05) is 46.3 Å². The first-order chi connectivity index (χ1) is 25.6. The lowest BCUT2D eigenvalue weighted by Gasteiger charge is -2.70. The van der Waals surface area contributed by atoms with E-state index in [-0.39, 0.29) is 39.9 Å². The maximum absolute atomic E-state index is 12.2. The smallest absolute Gasteiger partial charge is 0.187 e. The van der Waals surface area contributed by atoms with Crippen LogP contribution >= 0.6 is 0 Å². The second-order valence-electron chi connectivity index (χ2n) is 20.1. The summed E-state index contributed by atoms with van der Waals surface area (Å²) in [4.78, 5) is 0. The van der Waals surface area contributed by atoms with E-state index in [4.69, 9.17) is 18.9 Å². The molecule has 0 spiro atoms. The van der Waals surface area contributed by atoms with Crippen molar-refractivity contribution in [3.05, 3.63) is 11.6 Å². The topological polar surface area (TPSA) is 219 Å². The molecule has 0 bridgehead atoms. The maximum atomic E-state index is 12.2.